The van der Waals surface area contributed by atoms with Gasteiger partial charge in [-0.05, 0) is 175 Å². The zero-order valence-electron chi connectivity index (χ0n) is 47.9. The summed E-state index contributed by atoms with van der Waals surface area (Å²) in [5.74, 6) is -0.0366. The molecule has 0 saturated heterocycles. The van der Waals surface area contributed by atoms with Crippen molar-refractivity contribution in [3.05, 3.63) is 193 Å². The van der Waals surface area contributed by atoms with E-state index in [1.165, 1.54) is 24.3 Å². The average Bonchev–Trinajstić information content (AvgIpc) is 3.45. The molecule has 2 N–H and O–H groups in total. The zero-order chi connectivity index (χ0) is 56.3. The third-order valence-corrected chi connectivity index (χ3v) is 15.6. The summed E-state index contributed by atoms with van der Waals surface area (Å²) >= 11 is 0. The molecule has 0 aliphatic heterocycles. The Balaban J connectivity index is 1.03. The van der Waals surface area contributed by atoms with Gasteiger partial charge >= 0.3 is 0 Å². The van der Waals surface area contributed by atoms with Gasteiger partial charge in [0.05, 0.1) is 12.2 Å². The van der Waals surface area contributed by atoms with Crippen LogP contribution < -0.4 is 9.47 Å². The van der Waals surface area contributed by atoms with Gasteiger partial charge in [-0.15, -0.1) is 0 Å². The van der Waals surface area contributed by atoms with Gasteiger partial charge in [0.1, 0.15) is 34.6 Å². The lowest BCUT2D eigenvalue weighted by Crippen LogP contribution is -2.25. The van der Waals surface area contributed by atoms with Crippen LogP contribution in [-0.4, -0.2) is 22.4 Å². The number of ether oxygens (including phenoxy) is 2. The average molecular weight is 1050 g/mol. The minimum absolute atomic E-state index is 0.0208. The van der Waals surface area contributed by atoms with Gasteiger partial charge in [0.15, 0.2) is 0 Å². The number of benzene rings is 10. The SMILES string of the molecule is C[C@H](C[C@H](C)Oc1ccc(F)cc1-c1cc(C(C)(C)CC(C)(C)C)cc(-c2c3ccccc3cc3ccccc23)c1O)Oc1ccc(F)cc1-c1cc(C(C)(C)CC(C)(C)C)cc(-c2c3ccccc3cc3ccccc23)c1O. The van der Waals surface area contributed by atoms with Crippen molar-refractivity contribution in [1.29, 1.82) is 0 Å². The van der Waals surface area contributed by atoms with Gasteiger partial charge in [0, 0.05) is 50.9 Å². The first-order chi connectivity index (χ1) is 37.3. The minimum atomic E-state index is -0.478. The highest BCUT2D eigenvalue weighted by atomic mass is 19.1. The summed E-state index contributed by atoms with van der Waals surface area (Å²) in [5.41, 5.74) is 6.21. The van der Waals surface area contributed by atoms with Crippen molar-refractivity contribution < 1.29 is 28.5 Å². The molecule has 10 aromatic rings. The second-order valence-corrected chi connectivity index (χ2v) is 25.8. The molecule has 2 atom stereocenters. The number of hydrogen-bond acceptors (Lipinski definition) is 4. The normalized spacial score (nSPS) is 13.3. The molecule has 404 valence electrons. The Bertz CT molecular complexity index is 3580. The molecule has 0 aliphatic carbocycles. The molecule has 0 unspecified atom stereocenters. The molecule has 79 heavy (non-hydrogen) atoms. The minimum Gasteiger partial charge on any atom is -0.507 e. The lowest BCUT2D eigenvalue weighted by atomic mass is 9.71. The van der Waals surface area contributed by atoms with Crippen molar-refractivity contribution in [1.82, 2.24) is 0 Å². The van der Waals surface area contributed by atoms with E-state index in [0.717, 1.165) is 78.2 Å². The van der Waals surface area contributed by atoms with Crippen LogP contribution >= 0.6 is 0 Å². The molecule has 0 radical (unpaired) electrons. The van der Waals surface area contributed by atoms with Gasteiger partial charge in [-0.2, -0.15) is 0 Å². The maximum Gasteiger partial charge on any atom is 0.131 e. The summed E-state index contributed by atoms with van der Waals surface area (Å²) in [6.45, 7) is 26.2. The van der Waals surface area contributed by atoms with Gasteiger partial charge in [-0.25, -0.2) is 8.78 Å². The van der Waals surface area contributed by atoms with Crippen LogP contribution in [0, 0.1) is 22.5 Å². The van der Waals surface area contributed by atoms with Crippen LogP contribution in [0.1, 0.15) is 113 Å². The molecule has 10 aromatic carbocycles. The van der Waals surface area contributed by atoms with E-state index in [4.69, 9.17) is 9.47 Å². The van der Waals surface area contributed by atoms with Crippen LogP contribution in [0.15, 0.2) is 170 Å². The van der Waals surface area contributed by atoms with Crippen LogP contribution in [0.3, 0.4) is 0 Å². The van der Waals surface area contributed by atoms with Crippen molar-refractivity contribution in [2.24, 2.45) is 10.8 Å². The van der Waals surface area contributed by atoms with E-state index >= 15 is 8.78 Å². The van der Waals surface area contributed by atoms with Crippen molar-refractivity contribution in [2.45, 2.75) is 125 Å². The fourth-order valence-corrected chi connectivity index (χ4v) is 12.9. The van der Waals surface area contributed by atoms with E-state index in [0.29, 0.717) is 51.3 Å². The third-order valence-electron chi connectivity index (χ3n) is 15.6. The van der Waals surface area contributed by atoms with Gasteiger partial charge in [-0.3, -0.25) is 0 Å². The van der Waals surface area contributed by atoms with E-state index in [9.17, 15) is 10.2 Å². The zero-order valence-corrected chi connectivity index (χ0v) is 47.9. The highest BCUT2D eigenvalue weighted by Crippen LogP contribution is 2.52. The molecule has 0 saturated carbocycles. The van der Waals surface area contributed by atoms with E-state index in [1.54, 1.807) is 12.1 Å². The molecule has 0 spiro atoms. The van der Waals surface area contributed by atoms with Crippen molar-refractivity contribution >= 4 is 43.1 Å². The molecule has 0 amide bonds. The first-order valence-corrected chi connectivity index (χ1v) is 27.8. The molecular formula is C73H74F2O4. The number of phenolic OH excluding ortho intramolecular Hbond substituents is 2. The molecule has 10 rings (SSSR count). The Morgan fingerprint density at radius 3 is 1.00 bits per heavy atom. The van der Waals surface area contributed by atoms with Crippen molar-refractivity contribution in [3.63, 3.8) is 0 Å². The Morgan fingerprint density at radius 1 is 0.380 bits per heavy atom. The lowest BCUT2D eigenvalue weighted by Gasteiger charge is -2.34. The Morgan fingerprint density at radius 2 is 0.684 bits per heavy atom. The largest absolute Gasteiger partial charge is 0.507 e. The smallest absolute Gasteiger partial charge is 0.131 e. The molecule has 0 bridgehead atoms. The molecule has 0 fully saturated rings. The predicted molar refractivity (Wildman–Crippen MR) is 327 cm³/mol. The molecule has 4 nitrogen and oxygen atoms in total. The molecule has 0 aromatic heterocycles. The van der Waals surface area contributed by atoms with Crippen LogP contribution in [0.5, 0.6) is 23.0 Å². The summed E-state index contributed by atoms with van der Waals surface area (Å²) in [7, 11) is 0. The topological polar surface area (TPSA) is 58.9 Å². The third kappa shape index (κ3) is 11.3. The molecule has 0 aliphatic rings. The fraction of sp³-hybridized carbons (Fsp3) is 0.288. The maximum atomic E-state index is 15.8. The number of halogens is 2. The Labute approximate surface area is 465 Å². The van der Waals surface area contributed by atoms with Gasteiger partial charge in [0.2, 0.25) is 0 Å². The summed E-state index contributed by atoms with van der Waals surface area (Å²) in [6, 6.07) is 54.6. The number of fused-ring (bicyclic) bond motifs is 4. The monoisotopic (exact) mass is 1050 g/mol. The summed E-state index contributed by atoms with van der Waals surface area (Å²) in [6.07, 6.45) is 1.12. The van der Waals surface area contributed by atoms with Gasteiger partial charge in [0.25, 0.3) is 0 Å². The molecule has 0 heterocycles. The number of phenols is 2. The summed E-state index contributed by atoms with van der Waals surface area (Å²) in [5, 5.41) is 33.8. The van der Waals surface area contributed by atoms with E-state index in [2.05, 4.69) is 142 Å². The van der Waals surface area contributed by atoms with Crippen LogP contribution in [0.4, 0.5) is 8.78 Å². The second kappa shape index (κ2) is 20.8. The second-order valence-electron chi connectivity index (χ2n) is 25.8. The predicted octanol–water partition coefficient (Wildman–Crippen LogP) is 20.7. The molecular weight excluding hydrogens is 979 g/mol. The van der Waals surface area contributed by atoms with E-state index < -0.39 is 23.8 Å². The lowest BCUT2D eigenvalue weighted by molar-refractivity contribution is 0.131. The van der Waals surface area contributed by atoms with Crippen molar-refractivity contribution in [3.8, 4) is 67.5 Å². The van der Waals surface area contributed by atoms with Gasteiger partial charge in [-0.1, -0.05) is 166 Å². The number of rotatable bonds is 14. The van der Waals surface area contributed by atoms with Crippen LogP contribution in [-0.2, 0) is 10.8 Å². The standard InChI is InChI=1S/C73H74F2O4/c1-44(78-64-31-29-52(74)40-58(64)60-36-50(72(9,10)42-70(3,4)5)38-62(68(60)76)66-54-25-17-13-21-46(54)34-47-22-14-18-26-55(47)66)33-45(2)79-65-32-30-53(75)41-59(65)61-37-51(73(11,12)43-71(6,7)8)39-63(69(61)77)67-56-27-19-15-23-48(56)35-49-24-16-20-28-57(49)67/h13-32,34-41,44-45,76-77H,33,42-43H2,1-12H3/t44-,45+. The fourth-order valence-electron chi connectivity index (χ4n) is 12.9. The first kappa shape index (κ1) is 54.6. The van der Waals surface area contributed by atoms with Crippen LogP contribution in [0.2, 0.25) is 0 Å². The highest BCUT2D eigenvalue weighted by Gasteiger charge is 2.33. The number of aromatic hydroxyl groups is 2. The summed E-state index contributed by atoms with van der Waals surface area (Å²) < 4.78 is 45.3. The van der Waals surface area contributed by atoms with Crippen LogP contribution in [0.25, 0.3) is 87.6 Å². The number of hydrogen-bond donors (Lipinski definition) is 2. The highest BCUT2D eigenvalue weighted by molar-refractivity contribution is 6.15. The van der Waals surface area contributed by atoms with E-state index in [1.807, 2.05) is 74.5 Å². The Kier molecular flexibility index (Phi) is 14.4. The Hall–Kier alpha value is -7.70. The molecule has 6 heteroatoms. The van der Waals surface area contributed by atoms with E-state index in [-0.39, 0.29) is 33.2 Å². The maximum absolute atomic E-state index is 15.8. The quantitative estimate of drug-likeness (QED) is 0.107. The van der Waals surface area contributed by atoms with Crippen molar-refractivity contribution in [2.75, 3.05) is 0 Å². The first-order valence-electron chi connectivity index (χ1n) is 27.8. The van der Waals surface area contributed by atoms with Gasteiger partial charge < -0.3 is 19.7 Å². The summed E-state index contributed by atoms with van der Waals surface area (Å²) in [4.78, 5) is 0.